The van der Waals surface area contributed by atoms with E-state index in [9.17, 15) is 9.59 Å². The second-order valence-corrected chi connectivity index (χ2v) is 14.4. The van der Waals surface area contributed by atoms with Gasteiger partial charge in [-0.1, -0.05) is 60.7 Å². The van der Waals surface area contributed by atoms with Crippen LogP contribution in [0, 0.1) is 13.8 Å². The van der Waals surface area contributed by atoms with Crippen LogP contribution in [0.4, 0.5) is 22.2 Å². The van der Waals surface area contributed by atoms with Crippen LogP contribution in [-0.2, 0) is 27.3 Å². The van der Waals surface area contributed by atoms with Crippen molar-refractivity contribution < 1.29 is 19.1 Å². The minimum Gasteiger partial charge on any atom is -0.458 e. The molecule has 51 heavy (non-hydrogen) atoms. The van der Waals surface area contributed by atoms with Gasteiger partial charge in [-0.3, -0.25) is 0 Å². The summed E-state index contributed by atoms with van der Waals surface area (Å²) in [5.74, 6) is 2.94. The van der Waals surface area contributed by atoms with Gasteiger partial charge >= 0.3 is 12.1 Å². The molecule has 2 aliphatic rings. The zero-order chi connectivity index (χ0) is 36.0. The number of carbonyl (C=O) groups excluding carboxylic acids is 2. The van der Waals surface area contributed by atoms with Crippen molar-refractivity contribution in [1.82, 2.24) is 20.3 Å². The molecule has 0 unspecified atom stereocenters. The highest BCUT2D eigenvalue weighted by Crippen LogP contribution is 2.33. The number of alkyl carbamates (subject to hydrolysis) is 1. The average molecular weight is 692 g/mol. The first kappa shape index (κ1) is 35.6. The molecule has 1 saturated heterocycles. The SMILES string of the molecule is Cc1nc(NC[C@H](NC(=O)OCc2ccc(-c3ccccc3)cc2)C(=O)OC(C)(C)C)c(C)c(N2CCC(c3ccc4c(n3)NCCC4)CC2)n1. The van der Waals surface area contributed by atoms with Crippen LogP contribution in [0.15, 0.2) is 66.7 Å². The molecule has 0 bridgehead atoms. The van der Waals surface area contributed by atoms with Crippen LogP contribution < -0.4 is 20.9 Å². The van der Waals surface area contributed by atoms with Gasteiger partial charge in [0.1, 0.15) is 41.5 Å². The normalized spacial score (nSPS) is 15.3. The number of pyridine rings is 1. The third kappa shape index (κ3) is 9.33. The van der Waals surface area contributed by atoms with E-state index in [4.69, 9.17) is 19.4 Å². The lowest BCUT2D eigenvalue weighted by Gasteiger charge is -2.34. The summed E-state index contributed by atoms with van der Waals surface area (Å²) in [6.45, 7) is 12.0. The number of amides is 1. The molecule has 2 aromatic carbocycles. The molecule has 6 rings (SSSR count). The maximum Gasteiger partial charge on any atom is 0.408 e. The van der Waals surface area contributed by atoms with Gasteiger partial charge in [-0.2, -0.15) is 0 Å². The quantitative estimate of drug-likeness (QED) is 0.150. The van der Waals surface area contributed by atoms with Crippen LogP contribution in [0.2, 0.25) is 0 Å². The lowest BCUT2D eigenvalue weighted by Crippen LogP contribution is -2.48. The molecule has 4 aromatic rings. The van der Waals surface area contributed by atoms with Crippen LogP contribution in [0.5, 0.6) is 0 Å². The van der Waals surface area contributed by atoms with Gasteiger partial charge in [-0.05, 0) is 88.6 Å². The van der Waals surface area contributed by atoms with Crippen LogP contribution in [-0.4, -0.2) is 64.8 Å². The van der Waals surface area contributed by atoms with Crippen LogP contribution in [0.3, 0.4) is 0 Å². The molecule has 4 heterocycles. The van der Waals surface area contributed by atoms with Gasteiger partial charge in [-0.15, -0.1) is 0 Å². The van der Waals surface area contributed by atoms with E-state index < -0.39 is 23.7 Å². The number of anilines is 3. The largest absolute Gasteiger partial charge is 0.458 e. The maximum atomic E-state index is 13.3. The van der Waals surface area contributed by atoms with E-state index in [2.05, 4.69) is 38.0 Å². The summed E-state index contributed by atoms with van der Waals surface area (Å²) in [4.78, 5) is 43.0. The summed E-state index contributed by atoms with van der Waals surface area (Å²) in [6, 6.07) is 21.3. The van der Waals surface area contributed by atoms with Crippen molar-refractivity contribution in [1.29, 1.82) is 0 Å². The van der Waals surface area contributed by atoms with Gasteiger partial charge in [0.05, 0.1) is 0 Å². The lowest BCUT2D eigenvalue weighted by atomic mass is 9.92. The van der Waals surface area contributed by atoms with Crippen LogP contribution in [0.25, 0.3) is 11.1 Å². The summed E-state index contributed by atoms with van der Waals surface area (Å²) < 4.78 is 11.2. The zero-order valence-corrected chi connectivity index (χ0v) is 30.3. The molecule has 0 saturated carbocycles. The Morgan fingerprint density at radius 1 is 0.941 bits per heavy atom. The number of hydrogen-bond donors (Lipinski definition) is 3. The molecule has 3 N–H and O–H groups in total. The van der Waals surface area contributed by atoms with E-state index in [1.54, 1.807) is 20.8 Å². The molecule has 11 nitrogen and oxygen atoms in total. The number of nitrogens with zero attached hydrogens (tertiary/aromatic N) is 4. The van der Waals surface area contributed by atoms with Gasteiger partial charge in [0.2, 0.25) is 0 Å². The van der Waals surface area contributed by atoms with Gasteiger partial charge in [0, 0.05) is 43.4 Å². The minimum absolute atomic E-state index is 0.0482. The van der Waals surface area contributed by atoms with E-state index in [0.29, 0.717) is 17.6 Å². The number of aryl methyl sites for hydroxylation is 2. The van der Waals surface area contributed by atoms with Gasteiger partial charge in [0.15, 0.2) is 0 Å². The molecule has 268 valence electrons. The number of ether oxygens (including phenoxy) is 2. The smallest absolute Gasteiger partial charge is 0.408 e. The Labute approximate surface area is 300 Å². The monoisotopic (exact) mass is 691 g/mol. The number of fused-ring (bicyclic) bond motifs is 1. The minimum atomic E-state index is -1.02. The van der Waals surface area contributed by atoms with E-state index in [0.717, 1.165) is 84.9 Å². The molecule has 2 aromatic heterocycles. The number of esters is 1. The van der Waals surface area contributed by atoms with E-state index in [1.807, 2.05) is 68.4 Å². The number of aromatic nitrogens is 3. The van der Waals surface area contributed by atoms with Crippen molar-refractivity contribution in [2.24, 2.45) is 0 Å². The van der Waals surface area contributed by atoms with Crippen LogP contribution in [0.1, 0.15) is 74.2 Å². The number of rotatable bonds is 10. The fourth-order valence-corrected chi connectivity index (χ4v) is 6.57. The number of hydrogen-bond acceptors (Lipinski definition) is 10. The van der Waals surface area contributed by atoms with Crippen molar-refractivity contribution in [3.63, 3.8) is 0 Å². The molecule has 0 aliphatic carbocycles. The van der Waals surface area contributed by atoms with Crippen molar-refractivity contribution in [3.05, 3.63) is 94.9 Å². The second-order valence-electron chi connectivity index (χ2n) is 14.4. The number of carbonyl (C=O) groups is 2. The Bertz CT molecular complexity index is 1820. The average Bonchev–Trinajstić information content (AvgIpc) is 3.13. The molecule has 1 amide bonds. The first-order chi connectivity index (χ1) is 24.5. The summed E-state index contributed by atoms with van der Waals surface area (Å²) in [5.41, 5.74) is 5.60. The molecule has 1 fully saturated rings. The van der Waals surface area contributed by atoms with Crippen LogP contribution >= 0.6 is 0 Å². The number of nitrogens with one attached hydrogen (secondary N) is 3. The summed E-state index contributed by atoms with van der Waals surface area (Å²) in [7, 11) is 0. The molecular weight excluding hydrogens is 642 g/mol. The molecule has 0 radical (unpaired) electrons. The molecule has 1 atom stereocenters. The van der Waals surface area contributed by atoms with E-state index in [1.165, 1.54) is 5.56 Å². The van der Waals surface area contributed by atoms with Crippen molar-refractivity contribution in [3.8, 4) is 11.1 Å². The molecular formula is C40H49N7O4. The van der Waals surface area contributed by atoms with E-state index >= 15 is 0 Å². The molecule has 2 aliphatic heterocycles. The highest BCUT2D eigenvalue weighted by Gasteiger charge is 2.29. The van der Waals surface area contributed by atoms with Crippen molar-refractivity contribution >= 4 is 29.5 Å². The predicted octanol–water partition coefficient (Wildman–Crippen LogP) is 6.95. The fraction of sp³-hybridized carbons (Fsp3) is 0.425. The van der Waals surface area contributed by atoms with Crippen molar-refractivity contribution in [2.45, 2.75) is 84.5 Å². The van der Waals surface area contributed by atoms with E-state index in [-0.39, 0.29) is 13.2 Å². The summed E-state index contributed by atoms with van der Waals surface area (Å²) >= 11 is 0. The summed E-state index contributed by atoms with van der Waals surface area (Å²) in [6.07, 6.45) is 3.46. The topological polar surface area (TPSA) is 131 Å². The first-order valence-corrected chi connectivity index (χ1v) is 17.9. The Morgan fingerprint density at radius 2 is 1.67 bits per heavy atom. The highest BCUT2D eigenvalue weighted by atomic mass is 16.6. The Kier molecular flexibility index (Phi) is 11.0. The lowest BCUT2D eigenvalue weighted by molar-refractivity contribution is -0.156. The zero-order valence-electron chi connectivity index (χ0n) is 30.3. The second kappa shape index (κ2) is 15.8. The molecule has 0 spiro atoms. The number of piperidine rings is 1. The van der Waals surface area contributed by atoms with Crippen molar-refractivity contribution in [2.75, 3.05) is 41.7 Å². The maximum absolute atomic E-state index is 13.3. The fourth-order valence-electron chi connectivity index (χ4n) is 6.57. The van der Waals surface area contributed by atoms with Gasteiger partial charge in [0.25, 0.3) is 0 Å². The third-order valence-corrected chi connectivity index (χ3v) is 9.25. The molecule has 11 heteroatoms. The first-order valence-electron chi connectivity index (χ1n) is 17.9. The summed E-state index contributed by atoms with van der Waals surface area (Å²) in [5, 5.41) is 9.46. The van der Waals surface area contributed by atoms with Gasteiger partial charge in [-0.25, -0.2) is 24.5 Å². The number of benzene rings is 2. The Hall–Kier alpha value is -5.19. The van der Waals surface area contributed by atoms with Gasteiger partial charge < -0.3 is 30.3 Å². The standard InChI is InChI=1S/C40H49N7O4/c1-26-35(43-27(2)44-37(26)47-22-19-31(20-23-47)33-18-17-32-12-9-21-41-36(32)45-33)42-24-34(38(48)51-40(3,4)5)46-39(49)50-25-28-13-15-30(16-14-28)29-10-7-6-8-11-29/h6-8,10-11,13-18,31,34H,9,12,19-25H2,1-5H3,(H,41,45)(H,46,49)(H,42,43,44)/t34-/m0/s1. The highest BCUT2D eigenvalue weighted by molar-refractivity contribution is 5.82. The third-order valence-electron chi connectivity index (χ3n) is 9.25. The Balaban J connectivity index is 1.08. The Morgan fingerprint density at radius 3 is 2.39 bits per heavy atom. The predicted molar refractivity (Wildman–Crippen MR) is 200 cm³/mol.